The first-order valence-corrected chi connectivity index (χ1v) is 5.14. The average molecular weight is 192 g/mol. The summed E-state index contributed by atoms with van der Waals surface area (Å²) in [5, 5.41) is 0. The molecule has 0 aliphatic heterocycles. The highest BCUT2D eigenvalue weighted by molar-refractivity contribution is 5.52. The molecule has 0 radical (unpaired) electrons. The fourth-order valence-electron chi connectivity index (χ4n) is 1.69. The molecule has 0 fully saturated rings. The van der Waals surface area contributed by atoms with Crippen LogP contribution in [0.2, 0.25) is 0 Å². The molecule has 0 N–H and O–H groups in total. The van der Waals surface area contributed by atoms with Gasteiger partial charge in [0.1, 0.15) is 5.69 Å². The van der Waals surface area contributed by atoms with E-state index in [9.17, 15) is 0 Å². The Hall–Kier alpha value is -0.820. The van der Waals surface area contributed by atoms with E-state index in [1.54, 1.807) is 0 Å². The Balaban J connectivity index is 3.31. The molecule has 0 bridgehead atoms. The summed E-state index contributed by atoms with van der Waals surface area (Å²) in [6, 6.07) is 8.70. The smallest absolute Gasteiger partial charge is 0.135 e. The van der Waals surface area contributed by atoms with Crippen molar-refractivity contribution in [3.05, 3.63) is 29.8 Å². The van der Waals surface area contributed by atoms with Crippen molar-refractivity contribution < 1.29 is 0 Å². The van der Waals surface area contributed by atoms with E-state index in [4.69, 9.17) is 0 Å². The SMILES string of the molecule is CC(C)(C)c1ccccc1[N+](C)(C)C. The minimum Gasteiger partial charge on any atom is -0.298 e. The summed E-state index contributed by atoms with van der Waals surface area (Å²) in [4.78, 5) is 0. The van der Waals surface area contributed by atoms with Gasteiger partial charge in [0, 0.05) is 5.56 Å². The van der Waals surface area contributed by atoms with Crippen LogP contribution in [0.25, 0.3) is 0 Å². The lowest BCUT2D eigenvalue weighted by molar-refractivity contribution is 0.466. The molecule has 0 aliphatic carbocycles. The molecule has 0 amide bonds. The summed E-state index contributed by atoms with van der Waals surface area (Å²) in [6.45, 7) is 6.80. The van der Waals surface area contributed by atoms with Gasteiger partial charge in [-0.2, -0.15) is 0 Å². The van der Waals surface area contributed by atoms with Crippen molar-refractivity contribution in [3.63, 3.8) is 0 Å². The van der Waals surface area contributed by atoms with Crippen molar-refractivity contribution in [2.75, 3.05) is 21.1 Å². The minimum absolute atomic E-state index is 0.224. The van der Waals surface area contributed by atoms with Crippen LogP contribution in [0.4, 0.5) is 5.69 Å². The molecule has 0 heterocycles. The van der Waals surface area contributed by atoms with Crippen molar-refractivity contribution >= 4 is 5.69 Å². The van der Waals surface area contributed by atoms with Gasteiger partial charge in [0.15, 0.2) is 0 Å². The third-order valence-electron chi connectivity index (χ3n) is 2.43. The lowest BCUT2D eigenvalue weighted by Crippen LogP contribution is -2.37. The van der Waals surface area contributed by atoms with E-state index in [2.05, 4.69) is 66.2 Å². The highest BCUT2D eigenvalue weighted by Gasteiger charge is 2.24. The second kappa shape index (κ2) is 3.39. The molecule has 0 saturated heterocycles. The van der Waals surface area contributed by atoms with Gasteiger partial charge in [0.2, 0.25) is 0 Å². The molecule has 1 aromatic carbocycles. The number of para-hydroxylation sites is 1. The summed E-state index contributed by atoms with van der Waals surface area (Å²) in [5.74, 6) is 0. The van der Waals surface area contributed by atoms with Crippen LogP contribution in [-0.4, -0.2) is 21.1 Å². The number of rotatable bonds is 1. The number of nitrogens with zero attached hydrogens (tertiary/aromatic N) is 1. The number of hydrogen-bond acceptors (Lipinski definition) is 0. The zero-order valence-corrected chi connectivity index (χ0v) is 10.3. The predicted octanol–water partition coefficient (Wildman–Crippen LogP) is 3.18. The number of hydrogen-bond donors (Lipinski definition) is 0. The van der Waals surface area contributed by atoms with Crippen LogP contribution in [0.5, 0.6) is 0 Å². The molecule has 0 atom stereocenters. The highest BCUT2D eigenvalue weighted by Crippen LogP contribution is 2.32. The Kier molecular flexibility index (Phi) is 2.73. The van der Waals surface area contributed by atoms with Crippen molar-refractivity contribution in [1.29, 1.82) is 0 Å². The van der Waals surface area contributed by atoms with Crippen LogP contribution in [0.1, 0.15) is 26.3 Å². The Morgan fingerprint density at radius 2 is 1.43 bits per heavy atom. The maximum absolute atomic E-state index is 2.27. The summed E-state index contributed by atoms with van der Waals surface area (Å²) in [5.41, 5.74) is 3.06. The normalized spacial score (nSPS) is 13.0. The second-order valence-electron chi connectivity index (χ2n) is 5.78. The minimum atomic E-state index is 0.224. The Morgan fingerprint density at radius 1 is 0.929 bits per heavy atom. The van der Waals surface area contributed by atoms with Gasteiger partial charge in [-0.1, -0.05) is 39.0 Å². The van der Waals surface area contributed by atoms with Crippen LogP contribution >= 0.6 is 0 Å². The fraction of sp³-hybridized carbons (Fsp3) is 0.538. The zero-order valence-electron chi connectivity index (χ0n) is 10.3. The predicted molar refractivity (Wildman–Crippen MR) is 64.7 cm³/mol. The van der Waals surface area contributed by atoms with Crippen LogP contribution < -0.4 is 4.48 Å². The van der Waals surface area contributed by atoms with Crippen LogP contribution in [-0.2, 0) is 5.41 Å². The average Bonchev–Trinajstić information content (AvgIpc) is 2.01. The molecule has 1 nitrogen and oxygen atoms in total. The molecule has 78 valence electrons. The van der Waals surface area contributed by atoms with E-state index < -0.39 is 0 Å². The van der Waals surface area contributed by atoms with Crippen molar-refractivity contribution in [2.45, 2.75) is 26.2 Å². The molecule has 0 saturated carbocycles. The molecule has 1 heteroatoms. The van der Waals surface area contributed by atoms with Gasteiger partial charge in [-0.15, -0.1) is 0 Å². The first-order valence-electron chi connectivity index (χ1n) is 5.14. The van der Waals surface area contributed by atoms with Gasteiger partial charge in [-0.25, -0.2) is 0 Å². The van der Waals surface area contributed by atoms with Crippen molar-refractivity contribution in [1.82, 2.24) is 4.48 Å². The zero-order chi connectivity index (χ0) is 11.0. The first kappa shape index (κ1) is 11.3. The molecule has 0 unspecified atom stereocenters. The van der Waals surface area contributed by atoms with Crippen LogP contribution in [0.15, 0.2) is 24.3 Å². The Bertz CT molecular complexity index is 280. The van der Waals surface area contributed by atoms with Gasteiger partial charge >= 0.3 is 0 Å². The molecule has 1 rings (SSSR count). The van der Waals surface area contributed by atoms with Gasteiger partial charge < -0.3 is 0 Å². The molecular weight excluding hydrogens is 170 g/mol. The van der Waals surface area contributed by atoms with Gasteiger partial charge in [-0.3, -0.25) is 4.48 Å². The van der Waals surface area contributed by atoms with E-state index in [1.807, 2.05) is 0 Å². The lowest BCUT2D eigenvalue weighted by atomic mass is 9.85. The summed E-state index contributed by atoms with van der Waals surface area (Å²) < 4.78 is 0.882. The number of benzene rings is 1. The third kappa shape index (κ3) is 2.36. The quantitative estimate of drug-likeness (QED) is 0.599. The molecule has 1 aromatic rings. The summed E-state index contributed by atoms with van der Waals surface area (Å²) >= 11 is 0. The molecule has 14 heavy (non-hydrogen) atoms. The van der Waals surface area contributed by atoms with Gasteiger partial charge in [0.05, 0.1) is 21.1 Å². The molecule has 0 aliphatic rings. The van der Waals surface area contributed by atoms with Crippen LogP contribution in [0, 0.1) is 0 Å². The van der Waals surface area contributed by atoms with Crippen LogP contribution in [0.3, 0.4) is 0 Å². The van der Waals surface area contributed by atoms with E-state index in [0.29, 0.717) is 0 Å². The second-order valence-corrected chi connectivity index (χ2v) is 5.78. The number of quaternary nitrogens is 1. The van der Waals surface area contributed by atoms with E-state index >= 15 is 0 Å². The Labute approximate surface area is 88.0 Å². The largest absolute Gasteiger partial charge is 0.298 e. The van der Waals surface area contributed by atoms with E-state index in [0.717, 1.165) is 4.48 Å². The maximum Gasteiger partial charge on any atom is 0.135 e. The maximum atomic E-state index is 2.27. The summed E-state index contributed by atoms with van der Waals surface area (Å²) in [6.07, 6.45) is 0. The molecule has 0 spiro atoms. The fourth-order valence-corrected chi connectivity index (χ4v) is 1.69. The molecule has 0 aromatic heterocycles. The third-order valence-corrected chi connectivity index (χ3v) is 2.43. The standard InChI is InChI=1S/C13H22N/c1-13(2,3)11-9-7-8-10-12(11)14(4,5)6/h7-10H,1-6H3/q+1. The van der Waals surface area contributed by atoms with Crippen molar-refractivity contribution in [2.24, 2.45) is 0 Å². The first-order chi connectivity index (χ1) is 6.23. The van der Waals surface area contributed by atoms with E-state index in [1.165, 1.54) is 11.3 Å². The van der Waals surface area contributed by atoms with E-state index in [-0.39, 0.29) is 5.41 Å². The summed E-state index contributed by atoms with van der Waals surface area (Å²) in [7, 11) is 6.64. The monoisotopic (exact) mass is 192 g/mol. The Morgan fingerprint density at radius 3 is 1.79 bits per heavy atom. The van der Waals surface area contributed by atoms with Crippen molar-refractivity contribution in [3.8, 4) is 0 Å². The van der Waals surface area contributed by atoms with Gasteiger partial charge in [-0.05, 0) is 11.5 Å². The molecular formula is C13H22N+. The topological polar surface area (TPSA) is 0 Å². The van der Waals surface area contributed by atoms with Gasteiger partial charge in [0.25, 0.3) is 0 Å². The lowest BCUT2D eigenvalue weighted by Gasteiger charge is -2.30. The highest BCUT2D eigenvalue weighted by atomic mass is 15.3.